The van der Waals surface area contributed by atoms with E-state index in [1.165, 1.54) is 0 Å². The number of benzene rings is 2. The van der Waals surface area contributed by atoms with E-state index in [0.29, 0.717) is 0 Å². The molecule has 3 unspecified atom stereocenters. The first kappa shape index (κ1) is 15.9. The largest absolute Gasteiger partial charge is 0.497 e. The number of nitrogens with one attached hydrogen (secondary N) is 3. The molecule has 0 bridgehead atoms. The second-order valence-electron chi connectivity index (χ2n) is 6.49. The molecule has 25 heavy (non-hydrogen) atoms. The maximum atomic E-state index is 12.5. The highest BCUT2D eigenvalue weighted by Gasteiger charge is 2.40. The van der Waals surface area contributed by atoms with E-state index >= 15 is 0 Å². The van der Waals surface area contributed by atoms with Crippen LogP contribution in [0.15, 0.2) is 48.5 Å². The number of para-hydroxylation sites is 1. The summed E-state index contributed by atoms with van der Waals surface area (Å²) < 4.78 is 5.24. The van der Waals surface area contributed by atoms with Gasteiger partial charge in [0.05, 0.1) is 24.4 Å². The fraction of sp³-hybridized carbons (Fsp3) is 0.316. The molecule has 2 aliphatic rings. The number of amides is 1. The highest BCUT2D eigenvalue weighted by Crippen LogP contribution is 2.34. The molecular formula is C19H22N4O2. The molecule has 1 amide bonds. The van der Waals surface area contributed by atoms with Gasteiger partial charge in [0.15, 0.2) is 0 Å². The van der Waals surface area contributed by atoms with Crippen molar-refractivity contribution in [3.8, 4) is 5.75 Å². The number of fused-ring (bicyclic) bond motifs is 1. The topological polar surface area (TPSA) is 65.6 Å². The average Bonchev–Trinajstić information content (AvgIpc) is 3.14. The minimum Gasteiger partial charge on any atom is -0.497 e. The summed E-state index contributed by atoms with van der Waals surface area (Å²) in [4.78, 5) is 14.7. The normalized spacial score (nSPS) is 25.4. The fourth-order valence-corrected chi connectivity index (χ4v) is 3.77. The number of hydrogen-bond acceptors (Lipinski definition) is 5. The number of nitrogens with zero attached hydrogens (tertiary/aromatic N) is 1. The number of hydrogen-bond donors (Lipinski definition) is 3. The van der Waals surface area contributed by atoms with Gasteiger partial charge >= 0.3 is 0 Å². The molecule has 2 aliphatic heterocycles. The first-order valence-corrected chi connectivity index (χ1v) is 8.44. The van der Waals surface area contributed by atoms with Crippen molar-refractivity contribution in [3.63, 3.8) is 0 Å². The van der Waals surface area contributed by atoms with Crippen LogP contribution in [0.4, 0.5) is 5.69 Å². The Bertz CT molecular complexity index is 777. The summed E-state index contributed by atoms with van der Waals surface area (Å²) in [7, 11) is 3.70. The van der Waals surface area contributed by atoms with Crippen molar-refractivity contribution < 1.29 is 9.53 Å². The van der Waals surface area contributed by atoms with Gasteiger partial charge in [0.1, 0.15) is 11.9 Å². The van der Waals surface area contributed by atoms with E-state index in [9.17, 15) is 4.79 Å². The van der Waals surface area contributed by atoms with Crippen molar-refractivity contribution in [1.29, 1.82) is 0 Å². The molecule has 3 N–H and O–H groups in total. The van der Waals surface area contributed by atoms with E-state index in [0.717, 1.165) is 29.1 Å². The third-order valence-corrected chi connectivity index (χ3v) is 5.13. The van der Waals surface area contributed by atoms with Crippen molar-refractivity contribution >= 4 is 11.6 Å². The van der Waals surface area contributed by atoms with Crippen molar-refractivity contribution in [2.75, 3.05) is 25.6 Å². The lowest BCUT2D eigenvalue weighted by Gasteiger charge is -2.40. The van der Waals surface area contributed by atoms with Crippen molar-refractivity contribution in [1.82, 2.24) is 16.2 Å². The monoisotopic (exact) mass is 338 g/mol. The number of rotatable bonds is 3. The molecule has 2 heterocycles. The minimum absolute atomic E-state index is 0.0147. The van der Waals surface area contributed by atoms with Crippen molar-refractivity contribution in [2.45, 2.75) is 12.2 Å². The van der Waals surface area contributed by atoms with E-state index in [-0.39, 0.29) is 24.0 Å². The zero-order valence-corrected chi connectivity index (χ0v) is 14.3. The summed E-state index contributed by atoms with van der Waals surface area (Å²) in [5.74, 6) is 1.01. The van der Waals surface area contributed by atoms with E-state index in [2.05, 4.69) is 33.2 Å². The molecule has 1 saturated heterocycles. The summed E-state index contributed by atoms with van der Waals surface area (Å²) in [6.07, 6.45) is -0.0861. The van der Waals surface area contributed by atoms with Gasteiger partial charge in [-0.05, 0) is 29.8 Å². The van der Waals surface area contributed by atoms with Gasteiger partial charge in [-0.1, -0.05) is 24.3 Å². The molecule has 1 fully saturated rings. The maximum Gasteiger partial charge on any atom is 0.254 e. The molecular weight excluding hydrogens is 316 g/mol. The molecule has 0 saturated carbocycles. The molecule has 0 aliphatic carbocycles. The van der Waals surface area contributed by atoms with Gasteiger partial charge in [0.2, 0.25) is 0 Å². The maximum absolute atomic E-state index is 12.5. The van der Waals surface area contributed by atoms with Crippen LogP contribution in [0.1, 0.15) is 22.0 Å². The van der Waals surface area contributed by atoms with Crippen LogP contribution in [0.3, 0.4) is 0 Å². The summed E-state index contributed by atoms with van der Waals surface area (Å²) in [6.45, 7) is 0.772. The standard InChI is InChI=1S/C19H22N4O2/c1-23-16-6-4-3-5-14(16)19(24)21-18(23)15-11-20-22-17(15)12-7-9-13(25-2)10-8-12/h3-10,15,17-18,20,22H,11H2,1-2H3,(H,21,24). The Labute approximate surface area is 147 Å². The van der Waals surface area contributed by atoms with Crippen LogP contribution in [0, 0.1) is 5.92 Å². The highest BCUT2D eigenvalue weighted by atomic mass is 16.5. The molecule has 0 aromatic heterocycles. The molecule has 0 spiro atoms. The first-order valence-electron chi connectivity index (χ1n) is 8.44. The van der Waals surface area contributed by atoms with Gasteiger partial charge in [-0.3, -0.25) is 10.2 Å². The fourth-order valence-electron chi connectivity index (χ4n) is 3.77. The third kappa shape index (κ3) is 2.73. The first-order chi connectivity index (χ1) is 12.2. The van der Waals surface area contributed by atoms with E-state index in [1.54, 1.807) is 7.11 Å². The number of methoxy groups -OCH3 is 1. The zero-order chi connectivity index (χ0) is 17.4. The van der Waals surface area contributed by atoms with Gasteiger partial charge in [-0.2, -0.15) is 0 Å². The van der Waals surface area contributed by atoms with Crippen LogP contribution >= 0.6 is 0 Å². The predicted molar refractivity (Wildman–Crippen MR) is 96.5 cm³/mol. The summed E-state index contributed by atoms with van der Waals surface area (Å²) in [6, 6.07) is 15.9. The summed E-state index contributed by atoms with van der Waals surface area (Å²) >= 11 is 0. The number of carbonyl (C=O) groups excluding carboxylic acids is 1. The Morgan fingerprint density at radius 2 is 1.88 bits per heavy atom. The smallest absolute Gasteiger partial charge is 0.254 e. The lowest BCUT2D eigenvalue weighted by Crippen LogP contribution is -2.56. The zero-order valence-electron chi connectivity index (χ0n) is 14.3. The molecule has 4 rings (SSSR count). The number of carbonyl (C=O) groups is 1. The van der Waals surface area contributed by atoms with Crippen molar-refractivity contribution in [3.05, 3.63) is 59.7 Å². The van der Waals surface area contributed by atoms with Crippen LogP contribution in [-0.4, -0.2) is 32.8 Å². The number of hydrazine groups is 1. The molecule has 0 radical (unpaired) electrons. The predicted octanol–water partition coefficient (Wildman–Crippen LogP) is 1.67. The van der Waals surface area contributed by atoms with Crippen LogP contribution in [0.25, 0.3) is 0 Å². The lowest BCUT2D eigenvalue weighted by molar-refractivity contribution is 0.0910. The van der Waals surface area contributed by atoms with E-state index < -0.39 is 0 Å². The third-order valence-electron chi connectivity index (χ3n) is 5.13. The van der Waals surface area contributed by atoms with E-state index in [4.69, 9.17) is 4.74 Å². The second-order valence-corrected chi connectivity index (χ2v) is 6.49. The Morgan fingerprint density at radius 1 is 1.12 bits per heavy atom. The van der Waals surface area contributed by atoms with Crippen LogP contribution in [-0.2, 0) is 0 Å². The molecule has 2 aromatic rings. The minimum atomic E-state index is -0.0861. The molecule has 6 heteroatoms. The highest BCUT2D eigenvalue weighted by molar-refractivity contribution is 6.01. The lowest BCUT2D eigenvalue weighted by atomic mass is 9.90. The SMILES string of the molecule is COc1ccc(C2NNCC2C2NC(=O)c3ccccc3N2C)cc1. The Kier molecular flexibility index (Phi) is 4.07. The average molecular weight is 338 g/mol. The van der Waals surface area contributed by atoms with Gasteiger partial charge in [0, 0.05) is 19.5 Å². The summed E-state index contributed by atoms with van der Waals surface area (Å²) in [5, 5.41) is 3.17. The Morgan fingerprint density at radius 3 is 2.64 bits per heavy atom. The quantitative estimate of drug-likeness (QED) is 0.794. The number of anilines is 1. The van der Waals surface area contributed by atoms with Crippen LogP contribution in [0.5, 0.6) is 5.75 Å². The molecule has 130 valence electrons. The van der Waals surface area contributed by atoms with Gasteiger partial charge < -0.3 is 15.0 Å². The Balaban J connectivity index is 1.63. The van der Waals surface area contributed by atoms with Crippen LogP contribution < -0.4 is 25.8 Å². The molecule has 3 atom stereocenters. The van der Waals surface area contributed by atoms with Crippen molar-refractivity contribution in [2.24, 2.45) is 5.92 Å². The Hall–Kier alpha value is -2.57. The second kappa shape index (κ2) is 6.38. The van der Waals surface area contributed by atoms with Gasteiger partial charge in [0.25, 0.3) is 5.91 Å². The van der Waals surface area contributed by atoms with Gasteiger partial charge in [-0.25, -0.2) is 5.43 Å². The molecule has 2 aromatic carbocycles. The summed E-state index contributed by atoms with van der Waals surface area (Å²) in [5.41, 5.74) is 9.45. The number of ether oxygens (including phenoxy) is 1. The molecule has 6 nitrogen and oxygen atoms in total. The van der Waals surface area contributed by atoms with Crippen LogP contribution in [0.2, 0.25) is 0 Å². The van der Waals surface area contributed by atoms with Gasteiger partial charge in [-0.15, -0.1) is 0 Å². The van der Waals surface area contributed by atoms with E-state index in [1.807, 2.05) is 43.4 Å².